The molecule has 0 unspecified atom stereocenters. The van der Waals surface area contributed by atoms with Crippen LogP contribution in [0.2, 0.25) is 10.0 Å². The summed E-state index contributed by atoms with van der Waals surface area (Å²) in [4.78, 5) is 18.5. The van der Waals surface area contributed by atoms with Crippen LogP contribution >= 0.6 is 23.2 Å². The predicted octanol–water partition coefficient (Wildman–Crippen LogP) is 5.47. The number of likely N-dealkylation sites (tertiary alicyclic amines) is 1. The Kier molecular flexibility index (Phi) is 6.52. The molecule has 6 nitrogen and oxygen atoms in total. The van der Waals surface area contributed by atoms with E-state index in [1.54, 1.807) is 25.3 Å². The molecule has 2 bridgehead atoms. The Morgan fingerprint density at radius 2 is 2.05 bits per heavy atom. The normalized spacial score (nSPS) is 29.1. The van der Waals surface area contributed by atoms with Gasteiger partial charge < -0.3 is 24.4 Å². The Bertz CT molecular complexity index is 1280. The molecule has 2 fully saturated rings. The number of methoxy groups -OCH3 is 1. The lowest BCUT2D eigenvalue weighted by molar-refractivity contribution is -0.142. The highest BCUT2D eigenvalue weighted by Crippen LogP contribution is 2.65. The van der Waals surface area contributed by atoms with Crippen LogP contribution < -0.4 is 9.47 Å². The van der Waals surface area contributed by atoms with Gasteiger partial charge in [0.2, 0.25) is 5.91 Å². The third kappa shape index (κ3) is 3.82. The molecule has 6 rings (SSSR count). The van der Waals surface area contributed by atoms with Crippen LogP contribution in [-0.2, 0) is 23.1 Å². The zero-order valence-electron chi connectivity index (χ0n) is 22.5. The van der Waals surface area contributed by atoms with Gasteiger partial charge in [-0.3, -0.25) is 4.79 Å². The van der Waals surface area contributed by atoms with Gasteiger partial charge in [0.15, 0.2) is 11.5 Å². The van der Waals surface area contributed by atoms with Crippen LogP contribution in [0.5, 0.6) is 17.2 Å². The first-order chi connectivity index (χ1) is 18.1. The van der Waals surface area contributed by atoms with E-state index in [2.05, 4.69) is 30.7 Å². The van der Waals surface area contributed by atoms with Gasteiger partial charge in [0.25, 0.3) is 0 Å². The smallest absolute Gasteiger partial charge is 0.227 e. The number of nitrogens with zero attached hydrogens (tertiary/aromatic N) is 2. The van der Waals surface area contributed by atoms with E-state index >= 15 is 0 Å². The molecule has 2 aliphatic heterocycles. The maximum Gasteiger partial charge on any atom is 0.227 e. The minimum absolute atomic E-state index is 0.0711. The van der Waals surface area contributed by atoms with Gasteiger partial charge in [-0.2, -0.15) is 0 Å². The molecule has 1 amide bonds. The van der Waals surface area contributed by atoms with Gasteiger partial charge in [-0.25, -0.2) is 0 Å². The quantitative estimate of drug-likeness (QED) is 0.509. The zero-order chi connectivity index (χ0) is 26.9. The maximum atomic E-state index is 14.0. The Morgan fingerprint density at radius 3 is 2.76 bits per heavy atom. The Balaban J connectivity index is 1.42. The highest BCUT2D eigenvalue weighted by Gasteiger charge is 2.66. The molecule has 38 heavy (non-hydrogen) atoms. The predicted molar refractivity (Wildman–Crippen MR) is 149 cm³/mol. The number of phenolic OH excluding ortho intramolecular Hbond substituents is 1. The van der Waals surface area contributed by atoms with Crippen LogP contribution in [0.3, 0.4) is 0 Å². The maximum absolute atomic E-state index is 14.0. The molecular weight excluding hydrogens is 523 g/mol. The van der Waals surface area contributed by atoms with Crippen LogP contribution in [-0.4, -0.2) is 66.2 Å². The molecule has 4 aliphatic rings. The van der Waals surface area contributed by atoms with Crippen molar-refractivity contribution in [3.05, 3.63) is 51.0 Å². The Morgan fingerprint density at radius 1 is 1.26 bits per heavy atom. The van der Waals surface area contributed by atoms with Crippen molar-refractivity contribution in [2.75, 3.05) is 27.2 Å². The largest absolute Gasteiger partial charge is 0.508 e. The van der Waals surface area contributed by atoms with Crippen molar-refractivity contribution in [1.29, 1.82) is 0 Å². The van der Waals surface area contributed by atoms with Crippen molar-refractivity contribution in [3.63, 3.8) is 0 Å². The molecule has 2 aromatic carbocycles. The SMILES string of the molecule is COc1cc(O)c2c3c1O[C@H]1[C@H](N(CC(C)C)C(=O)Cc4ccc(Cl)c(Cl)c4)CC[C@H]4[C@@H](C2)N(C)CC[C@@]341. The molecule has 0 radical (unpaired) electrons. The number of phenols is 1. The molecular formula is C30H36Cl2N2O4. The minimum Gasteiger partial charge on any atom is -0.508 e. The van der Waals surface area contributed by atoms with E-state index in [1.165, 1.54) is 0 Å². The van der Waals surface area contributed by atoms with Crippen molar-refractivity contribution in [3.8, 4) is 17.2 Å². The van der Waals surface area contributed by atoms with E-state index in [1.807, 2.05) is 6.07 Å². The van der Waals surface area contributed by atoms with E-state index in [9.17, 15) is 9.90 Å². The number of likely N-dealkylation sites (N-methyl/N-ethyl adjacent to an activating group) is 1. The molecule has 0 aromatic heterocycles. The van der Waals surface area contributed by atoms with Crippen molar-refractivity contribution in [2.24, 2.45) is 11.8 Å². The van der Waals surface area contributed by atoms with Crippen LogP contribution in [0.25, 0.3) is 0 Å². The topological polar surface area (TPSA) is 62.2 Å². The second-order valence-corrected chi connectivity index (χ2v) is 12.8. The summed E-state index contributed by atoms with van der Waals surface area (Å²) < 4.78 is 12.6. The number of rotatable bonds is 6. The number of benzene rings is 2. The summed E-state index contributed by atoms with van der Waals surface area (Å²) in [7, 11) is 3.83. The average molecular weight is 560 g/mol. The first-order valence-electron chi connectivity index (χ1n) is 13.7. The number of halogens is 2. The van der Waals surface area contributed by atoms with Crippen molar-refractivity contribution in [1.82, 2.24) is 9.80 Å². The molecule has 2 aliphatic carbocycles. The van der Waals surface area contributed by atoms with Crippen LogP contribution in [0, 0.1) is 11.8 Å². The van der Waals surface area contributed by atoms with Crippen molar-refractivity contribution < 1.29 is 19.4 Å². The lowest BCUT2D eigenvalue weighted by Crippen LogP contribution is -2.69. The van der Waals surface area contributed by atoms with Gasteiger partial charge in [-0.05, 0) is 68.8 Å². The first-order valence-corrected chi connectivity index (χ1v) is 14.4. The van der Waals surface area contributed by atoms with Gasteiger partial charge in [0, 0.05) is 35.2 Å². The number of piperidine rings is 1. The third-order valence-electron chi connectivity index (χ3n) is 9.50. The number of hydrogen-bond donors (Lipinski definition) is 1. The molecule has 1 spiro atoms. The van der Waals surface area contributed by atoms with Crippen LogP contribution in [0.4, 0.5) is 0 Å². The fourth-order valence-corrected chi connectivity index (χ4v) is 8.30. The molecule has 8 heteroatoms. The second-order valence-electron chi connectivity index (χ2n) is 12.0. The van der Waals surface area contributed by atoms with Gasteiger partial charge in [0.1, 0.15) is 11.9 Å². The first kappa shape index (κ1) is 26.1. The lowest BCUT2D eigenvalue weighted by atomic mass is 9.51. The van der Waals surface area contributed by atoms with Gasteiger partial charge >= 0.3 is 0 Å². The number of ether oxygens (including phenoxy) is 2. The second kappa shape index (κ2) is 9.50. The summed E-state index contributed by atoms with van der Waals surface area (Å²) in [6.07, 6.45) is 3.74. The number of aromatic hydroxyl groups is 1. The third-order valence-corrected chi connectivity index (χ3v) is 10.2. The van der Waals surface area contributed by atoms with Gasteiger partial charge in [-0.15, -0.1) is 0 Å². The minimum atomic E-state index is -0.242. The summed E-state index contributed by atoms with van der Waals surface area (Å²) in [5.41, 5.74) is 2.74. The number of amides is 1. The summed E-state index contributed by atoms with van der Waals surface area (Å²) in [6.45, 7) is 5.92. The summed E-state index contributed by atoms with van der Waals surface area (Å²) >= 11 is 12.4. The standard InChI is InChI=1S/C30H36Cl2N2O4/c1-16(2)15-34(26(36)12-17-5-7-20(31)21(32)11-17)22-8-6-19-23-13-18-24(35)14-25(37-4)28-27(18)30(19,29(22)38-28)9-10-33(23)3/h5,7,11,14,16,19,22-23,29,35H,6,8-10,12-13,15H2,1-4H3/t19-,22+,23+,29-,30-/m0/s1. The van der Waals surface area contributed by atoms with Gasteiger partial charge in [0.05, 0.1) is 29.6 Å². The molecule has 2 heterocycles. The van der Waals surface area contributed by atoms with E-state index in [-0.39, 0.29) is 29.9 Å². The van der Waals surface area contributed by atoms with E-state index in [0.29, 0.717) is 46.0 Å². The molecule has 1 saturated carbocycles. The fourth-order valence-electron chi connectivity index (χ4n) is 7.98. The summed E-state index contributed by atoms with van der Waals surface area (Å²) in [5.74, 6) is 2.43. The summed E-state index contributed by atoms with van der Waals surface area (Å²) in [5, 5.41) is 12.0. The highest BCUT2D eigenvalue weighted by atomic mass is 35.5. The Hall–Kier alpha value is -2.15. The molecule has 204 valence electrons. The number of carbonyl (C=O) groups is 1. The van der Waals surface area contributed by atoms with E-state index in [0.717, 1.165) is 54.7 Å². The van der Waals surface area contributed by atoms with Crippen LogP contribution in [0.1, 0.15) is 49.8 Å². The average Bonchev–Trinajstić information content (AvgIpc) is 3.22. The fraction of sp³-hybridized carbons (Fsp3) is 0.567. The summed E-state index contributed by atoms with van der Waals surface area (Å²) in [6, 6.07) is 7.39. The Labute approximate surface area is 234 Å². The lowest BCUT2D eigenvalue weighted by Gasteiger charge is -2.60. The number of carbonyl (C=O) groups excluding carboxylic acids is 1. The monoisotopic (exact) mass is 558 g/mol. The van der Waals surface area contributed by atoms with Crippen molar-refractivity contribution in [2.45, 2.75) is 69.6 Å². The highest BCUT2D eigenvalue weighted by molar-refractivity contribution is 6.42. The van der Waals surface area contributed by atoms with Gasteiger partial charge in [-0.1, -0.05) is 43.1 Å². The van der Waals surface area contributed by atoms with Crippen LogP contribution in [0.15, 0.2) is 24.3 Å². The van der Waals surface area contributed by atoms with E-state index in [4.69, 9.17) is 32.7 Å². The molecule has 5 atom stereocenters. The number of hydrogen-bond acceptors (Lipinski definition) is 5. The molecule has 1 N–H and O–H groups in total. The molecule has 1 saturated heterocycles. The molecule has 2 aromatic rings. The van der Waals surface area contributed by atoms with Crippen molar-refractivity contribution >= 4 is 29.1 Å². The zero-order valence-corrected chi connectivity index (χ0v) is 24.0. The van der Waals surface area contributed by atoms with E-state index < -0.39 is 0 Å².